The molecule has 1 N–H and O–H groups in total. The van der Waals surface area contributed by atoms with E-state index in [9.17, 15) is 24.5 Å². The highest BCUT2D eigenvalue weighted by Gasteiger charge is 2.36. The number of morpholine rings is 1. The third-order valence-corrected chi connectivity index (χ3v) is 6.28. The summed E-state index contributed by atoms with van der Waals surface area (Å²) in [5.74, 6) is -1.12. The zero-order chi connectivity index (χ0) is 24.2. The van der Waals surface area contributed by atoms with Crippen LogP contribution in [0.3, 0.4) is 0 Å². The van der Waals surface area contributed by atoms with E-state index in [1.54, 1.807) is 18.2 Å². The first kappa shape index (κ1) is 23.5. The average molecular weight is 483 g/mol. The van der Waals surface area contributed by atoms with Gasteiger partial charge >= 0.3 is 0 Å². The van der Waals surface area contributed by atoms with Crippen LogP contribution in [0.1, 0.15) is 11.1 Å². The third-order valence-electron chi connectivity index (χ3n) is 5.37. The molecular weight excluding hydrogens is 460 g/mol. The average Bonchev–Trinajstić information content (AvgIpc) is 3.08. The van der Waals surface area contributed by atoms with Gasteiger partial charge in [0.2, 0.25) is 5.91 Å². The molecule has 2 saturated heterocycles. The molecule has 11 heteroatoms. The number of imide groups is 1. The number of nitrogens with zero attached hydrogens (tertiary/aromatic N) is 3. The Morgan fingerprint density at radius 2 is 1.88 bits per heavy atom. The molecule has 0 bridgehead atoms. The van der Waals surface area contributed by atoms with Crippen molar-refractivity contribution in [2.24, 2.45) is 0 Å². The molecule has 4 rings (SSSR count). The number of ether oxygens (including phenoxy) is 1. The van der Waals surface area contributed by atoms with E-state index in [0.29, 0.717) is 55.0 Å². The van der Waals surface area contributed by atoms with Gasteiger partial charge in [0.15, 0.2) is 0 Å². The summed E-state index contributed by atoms with van der Waals surface area (Å²) < 4.78 is 5.37. The number of carbonyl (C=O) groups excluding carboxylic acids is 3. The molecule has 0 aromatic heterocycles. The number of thioether (sulfide) groups is 1. The Morgan fingerprint density at radius 1 is 1.18 bits per heavy atom. The fourth-order valence-electron chi connectivity index (χ4n) is 3.62. The maximum absolute atomic E-state index is 12.9. The molecule has 0 atom stereocenters. The van der Waals surface area contributed by atoms with Gasteiger partial charge in [-0.2, -0.15) is 0 Å². The molecule has 34 heavy (non-hydrogen) atoms. The van der Waals surface area contributed by atoms with Crippen LogP contribution >= 0.6 is 11.8 Å². The Morgan fingerprint density at radius 3 is 2.56 bits per heavy atom. The van der Waals surface area contributed by atoms with Gasteiger partial charge in [0, 0.05) is 42.2 Å². The molecule has 2 aromatic rings. The van der Waals surface area contributed by atoms with E-state index < -0.39 is 28.5 Å². The summed E-state index contributed by atoms with van der Waals surface area (Å²) in [4.78, 5) is 51.6. The van der Waals surface area contributed by atoms with Crippen molar-refractivity contribution in [2.45, 2.75) is 6.92 Å². The Balaban J connectivity index is 1.55. The third kappa shape index (κ3) is 5.26. The lowest BCUT2D eigenvalue weighted by atomic mass is 10.1. The molecule has 2 aliphatic rings. The van der Waals surface area contributed by atoms with Gasteiger partial charge < -0.3 is 15.0 Å². The van der Waals surface area contributed by atoms with Crippen LogP contribution in [-0.2, 0) is 14.3 Å². The molecule has 0 unspecified atom stereocenters. The molecule has 3 amide bonds. The molecule has 0 radical (unpaired) electrons. The number of amides is 3. The highest BCUT2D eigenvalue weighted by molar-refractivity contribution is 8.18. The van der Waals surface area contributed by atoms with Crippen LogP contribution in [0.15, 0.2) is 47.4 Å². The van der Waals surface area contributed by atoms with Gasteiger partial charge in [0.05, 0.1) is 23.0 Å². The quantitative estimate of drug-likeness (QED) is 0.378. The van der Waals surface area contributed by atoms with Gasteiger partial charge in [-0.3, -0.25) is 29.4 Å². The van der Waals surface area contributed by atoms with Crippen molar-refractivity contribution in [3.63, 3.8) is 0 Å². The number of carbonyl (C=O) groups is 3. The number of rotatable bonds is 6. The van der Waals surface area contributed by atoms with Gasteiger partial charge in [0.25, 0.3) is 16.8 Å². The SMILES string of the molecule is Cc1ccc(NC(=O)CN2C(=O)S/C(=C\c3cc([N+](=O)[O-])ccc3N3CCOCC3)C2=O)cc1. The number of nitro benzene ring substituents is 1. The molecule has 2 aliphatic heterocycles. The van der Waals surface area contributed by atoms with E-state index in [0.717, 1.165) is 10.5 Å². The second kappa shape index (κ2) is 10.1. The van der Waals surface area contributed by atoms with Gasteiger partial charge in [0.1, 0.15) is 6.54 Å². The molecule has 10 nitrogen and oxygen atoms in total. The Kier molecular flexibility index (Phi) is 6.94. The predicted octanol–water partition coefficient (Wildman–Crippen LogP) is 3.41. The number of aryl methyl sites for hydroxylation is 1. The lowest BCUT2D eigenvalue weighted by Gasteiger charge is -2.30. The van der Waals surface area contributed by atoms with Gasteiger partial charge in [-0.05, 0) is 43.0 Å². The summed E-state index contributed by atoms with van der Waals surface area (Å²) in [6, 6.07) is 11.6. The van der Waals surface area contributed by atoms with E-state index >= 15 is 0 Å². The number of benzene rings is 2. The molecular formula is C23H22N4O6S. The number of anilines is 2. The second-order valence-corrected chi connectivity index (χ2v) is 8.77. The van der Waals surface area contributed by atoms with Gasteiger partial charge in [-0.15, -0.1) is 0 Å². The lowest BCUT2D eigenvalue weighted by molar-refractivity contribution is -0.384. The van der Waals surface area contributed by atoms with Crippen molar-refractivity contribution in [1.82, 2.24) is 4.90 Å². The summed E-state index contributed by atoms with van der Waals surface area (Å²) in [6.45, 7) is 3.72. The normalized spacial score (nSPS) is 17.4. The smallest absolute Gasteiger partial charge is 0.294 e. The number of hydrogen-bond acceptors (Lipinski definition) is 8. The van der Waals surface area contributed by atoms with Crippen molar-refractivity contribution in [2.75, 3.05) is 43.1 Å². The van der Waals surface area contributed by atoms with Crippen molar-refractivity contribution in [3.8, 4) is 0 Å². The molecule has 2 aromatic carbocycles. The van der Waals surface area contributed by atoms with Crippen molar-refractivity contribution >= 4 is 52.0 Å². The summed E-state index contributed by atoms with van der Waals surface area (Å²) in [5.41, 5.74) is 2.63. The fourth-order valence-corrected chi connectivity index (χ4v) is 4.45. The summed E-state index contributed by atoms with van der Waals surface area (Å²) in [7, 11) is 0. The molecule has 176 valence electrons. The minimum atomic E-state index is -0.617. The fraction of sp³-hybridized carbons (Fsp3) is 0.261. The van der Waals surface area contributed by atoms with E-state index in [2.05, 4.69) is 5.32 Å². The topological polar surface area (TPSA) is 122 Å². The zero-order valence-corrected chi connectivity index (χ0v) is 19.2. The Labute approximate surface area is 199 Å². The summed E-state index contributed by atoms with van der Waals surface area (Å²) >= 11 is 0.702. The van der Waals surface area contributed by atoms with Crippen molar-refractivity contribution < 1.29 is 24.0 Å². The Hall–Kier alpha value is -3.70. The predicted molar refractivity (Wildman–Crippen MR) is 129 cm³/mol. The minimum absolute atomic E-state index is 0.100. The number of nitro groups is 1. The lowest BCUT2D eigenvalue weighted by Crippen LogP contribution is -2.36. The summed E-state index contributed by atoms with van der Waals surface area (Å²) in [6.07, 6.45) is 1.47. The van der Waals surface area contributed by atoms with Crippen LogP contribution in [0.2, 0.25) is 0 Å². The number of hydrogen-bond donors (Lipinski definition) is 1. The first-order valence-corrected chi connectivity index (χ1v) is 11.4. The zero-order valence-electron chi connectivity index (χ0n) is 18.4. The van der Waals surface area contributed by atoms with Crippen molar-refractivity contribution in [1.29, 1.82) is 0 Å². The van der Waals surface area contributed by atoms with Crippen LogP contribution in [0.5, 0.6) is 0 Å². The first-order chi connectivity index (χ1) is 16.3. The first-order valence-electron chi connectivity index (χ1n) is 10.5. The largest absolute Gasteiger partial charge is 0.378 e. The van der Waals surface area contributed by atoms with E-state index in [-0.39, 0.29) is 10.6 Å². The number of non-ortho nitro benzene ring substituents is 1. The second-order valence-electron chi connectivity index (χ2n) is 7.78. The summed E-state index contributed by atoms with van der Waals surface area (Å²) in [5, 5.41) is 13.4. The Bertz CT molecular complexity index is 1170. The van der Waals surface area contributed by atoms with Gasteiger partial charge in [-0.25, -0.2) is 0 Å². The van der Waals surface area contributed by atoms with Crippen LogP contribution in [0, 0.1) is 17.0 Å². The van der Waals surface area contributed by atoms with Crippen LogP contribution in [-0.4, -0.2) is 59.7 Å². The van der Waals surface area contributed by atoms with Crippen LogP contribution < -0.4 is 10.2 Å². The molecule has 0 saturated carbocycles. The highest BCUT2D eigenvalue weighted by Crippen LogP contribution is 2.35. The highest BCUT2D eigenvalue weighted by atomic mass is 32.2. The van der Waals surface area contributed by atoms with E-state index in [4.69, 9.17) is 4.74 Å². The standard InChI is InChI=1S/C23H22N4O6S/c1-15-2-4-17(5-3-15)24-21(28)14-26-22(29)20(34-23(26)30)13-16-12-18(27(31)32)6-7-19(16)25-8-10-33-11-9-25/h2-7,12-13H,8-11,14H2,1H3,(H,24,28)/b20-13-. The molecule has 0 aliphatic carbocycles. The van der Waals surface area contributed by atoms with Crippen LogP contribution in [0.25, 0.3) is 6.08 Å². The van der Waals surface area contributed by atoms with Crippen LogP contribution in [0.4, 0.5) is 21.9 Å². The van der Waals surface area contributed by atoms with E-state index in [1.807, 2.05) is 24.0 Å². The molecule has 2 fully saturated rings. The maximum atomic E-state index is 12.9. The molecule has 0 spiro atoms. The van der Waals surface area contributed by atoms with Crippen molar-refractivity contribution in [3.05, 3.63) is 68.6 Å². The van der Waals surface area contributed by atoms with Gasteiger partial charge in [-0.1, -0.05) is 17.7 Å². The monoisotopic (exact) mass is 482 g/mol. The number of nitrogens with one attached hydrogen (secondary N) is 1. The van der Waals surface area contributed by atoms with E-state index in [1.165, 1.54) is 18.2 Å². The minimum Gasteiger partial charge on any atom is -0.378 e. The molecule has 2 heterocycles. The maximum Gasteiger partial charge on any atom is 0.294 e.